The Bertz CT molecular complexity index is 561. The molecule has 7 nitrogen and oxygen atoms in total. The van der Waals surface area contributed by atoms with Crippen LogP contribution in [0.1, 0.15) is 17.6 Å². The average molecular weight is 286 g/mol. The molecular weight excluding hydrogens is 268 g/mol. The van der Waals surface area contributed by atoms with Gasteiger partial charge in [0.1, 0.15) is 17.7 Å². The van der Waals surface area contributed by atoms with E-state index >= 15 is 0 Å². The van der Waals surface area contributed by atoms with E-state index < -0.39 is 10.0 Å². The Morgan fingerprint density at radius 3 is 2.84 bits per heavy atom. The average Bonchev–Trinajstić information content (AvgIpc) is 2.37. The van der Waals surface area contributed by atoms with Crippen LogP contribution >= 0.6 is 0 Å². The molecule has 8 heteroatoms. The first-order chi connectivity index (χ1) is 8.90. The number of hydrogen-bond donors (Lipinski definition) is 1. The van der Waals surface area contributed by atoms with Gasteiger partial charge in [-0.3, -0.25) is 0 Å². The predicted molar refractivity (Wildman–Crippen MR) is 71.4 cm³/mol. The largest absolute Gasteiger partial charge is 0.373 e. The van der Waals surface area contributed by atoms with Gasteiger partial charge >= 0.3 is 0 Å². The van der Waals surface area contributed by atoms with Crippen LogP contribution in [0.5, 0.6) is 0 Å². The van der Waals surface area contributed by atoms with Gasteiger partial charge in [0.05, 0.1) is 18.6 Å². The van der Waals surface area contributed by atoms with Crippen LogP contribution in [0.25, 0.3) is 0 Å². The highest BCUT2D eigenvalue weighted by atomic mass is 32.2. The van der Waals surface area contributed by atoms with Gasteiger partial charge in [-0.25, -0.2) is 18.4 Å². The Balaban J connectivity index is 2.24. The summed E-state index contributed by atoms with van der Waals surface area (Å²) in [6, 6.07) is 1.78. The van der Waals surface area contributed by atoms with E-state index in [4.69, 9.17) is 4.74 Å². The van der Waals surface area contributed by atoms with Crippen molar-refractivity contribution in [2.75, 3.05) is 38.3 Å². The molecule has 19 heavy (non-hydrogen) atoms. The van der Waals surface area contributed by atoms with Crippen LogP contribution in [-0.4, -0.2) is 55.7 Å². The third-order valence-electron chi connectivity index (χ3n) is 2.94. The lowest BCUT2D eigenvalue weighted by molar-refractivity contribution is -0.00484. The van der Waals surface area contributed by atoms with Crippen molar-refractivity contribution in [2.24, 2.45) is 0 Å². The molecule has 1 aliphatic rings. The first kappa shape index (κ1) is 14.2. The van der Waals surface area contributed by atoms with Gasteiger partial charge in [-0.2, -0.15) is 4.31 Å². The molecule has 0 aromatic carbocycles. The highest BCUT2D eigenvalue weighted by molar-refractivity contribution is 7.88. The van der Waals surface area contributed by atoms with E-state index in [1.54, 1.807) is 20.0 Å². The SMILES string of the molecule is CNc1cc([C@@H]2CN(S(C)(=O)=O)CCO2)nc(C)n1. The third-order valence-corrected chi connectivity index (χ3v) is 4.21. The zero-order valence-electron chi connectivity index (χ0n) is 11.3. The minimum Gasteiger partial charge on any atom is -0.373 e. The molecule has 1 fully saturated rings. The molecule has 1 aromatic rings. The standard InChI is InChI=1S/C11H18N4O3S/c1-8-13-9(6-11(12-2)14-8)10-7-15(4-5-18-10)19(3,16)17/h6,10H,4-5,7H2,1-3H3,(H,12,13,14)/t10-/m0/s1. The zero-order valence-corrected chi connectivity index (χ0v) is 12.1. The van der Waals surface area contributed by atoms with Crippen molar-refractivity contribution in [1.29, 1.82) is 0 Å². The summed E-state index contributed by atoms with van der Waals surface area (Å²) in [5.74, 6) is 1.32. The molecule has 2 rings (SSSR count). The van der Waals surface area contributed by atoms with E-state index in [1.807, 2.05) is 0 Å². The number of aromatic nitrogens is 2. The van der Waals surface area contributed by atoms with Crippen molar-refractivity contribution in [3.05, 3.63) is 17.6 Å². The fourth-order valence-corrected chi connectivity index (χ4v) is 2.80. The van der Waals surface area contributed by atoms with E-state index in [0.717, 1.165) is 0 Å². The molecule has 0 saturated carbocycles. The summed E-state index contributed by atoms with van der Waals surface area (Å²) in [6.45, 7) is 2.84. The molecule has 0 bridgehead atoms. The van der Waals surface area contributed by atoms with Gasteiger partial charge in [0.25, 0.3) is 0 Å². The van der Waals surface area contributed by atoms with Gasteiger partial charge in [-0.05, 0) is 6.92 Å². The minimum absolute atomic E-state index is 0.290. The maximum absolute atomic E-state index is 11.6. The minimum atomic E-state index is -3.20. The van der Waals surface area contributed by atoms with Crippen LogP contribution in [0.3, 0.4) is 0 Å². The lowest BCUT2D eigenvalue weighted by Crippen LogP contribution is -2.41. The Labute approximate surface area is 113 Å². The van der Waals surface area contributed by atoms with Crippen molar-refractivity contribution in [3.63, 3.8) is 0 Å². The quantitative estimate of drug-likeness (QED) is 0.852. The Hall–Kier alpha value is -1.25. The molecule has 0 radical (unpaired) electrons. The predicted octanol–water partition coefficient (Wildman–Crippen LogP) is 0.160. The van der Waals surface area contributed by atoms with E-state index in [9.17, 15) is 8.42 Å². The van der Waals surface area contributed by atoms with Crippen molar-refractivity contribution in [3.8, 4) is 0 Å². The Kier molecular flexibility index (Phi) is 4.02. The van der Waals surface area contributed by atoms with Crippen molar-refractivity contribution in [2.45, 2.75) is 13.0 Å². The summed E-state index contributed by atoms with van der Waals surface area (Å²) in [5.41, 5.74) is 0.699. The summed E-state index contributed by atoms with van der Waals surface area (Å²) in [7, 11) is -1.42. The number of nitrogens with one attached hydrogen (secondary N) is 1. The van der Waals surface area contributed by atoms with E-state index in [2.05, 4.69) is 15.3 Å². The molecule has 2 heterocycles. The van der Waals surface area contributed by atoms with Gasteiger partial charge < -0.3 is 10.1 Å². The summed E-state index contributed by atoms with van der Waals surface area (Å²) in [4.78, 5) is 8.53. The van der Waals surface area contributed by atoms with Crippen molar-refractivity contribution in [1.82, 2.24) is 14.3 Å². The fraction of sp³-hybridized carbons (Fsp3) is 0.636. The molecule has 1 atom stereocenters. The number of ether oxygens (including phenoxy) is 1. The Morgan fingerprint density at radius 1 is 1.47 bits per heavy atom. The van der Waals surface area contributed by atoms with Gasteiger partial charge in [0.15, 0.2) is 0 Å². The van der Waals surface area contributed by atoms with E-state index in [-0.39, 0.29) is 6.10 Å². The van der Waals surface area contributed by atoms with E-state index in [0.29, 0.717) is 37.0 Å². The number of nitrogens with zero attached hydrogens (tertiary/aromatic N) is 3. The second-order valence-electron chi connectivity index (χ2n) is 4.46. The number of rotatable bonds is 3. The second kappa shape index (κ2) is 5.40. The molecule has 0 unspecified atom stereocenters. The molecule has 0 aliphatic carbocycles. The van der Waals surface area contributed by atoms with Crippen LogP contribution in [-0.2, 0) is 14.8 Å². The number of aryl methyl sites for hydroxylation is 1. The summed E-state index contributed by atoms with van der Waals surface area (Å²) < 4.78 is 30.2. The van der Waals surface area contributed by atoms with Crippen LogP contribution < -0.4 is 5.32 Å². The first-order valence-corrected chi connectivity index (χ1v) is 7.85. The lowest BCUT2D eigenvalue weighted by atomic mass is 10.2. The summed E-state index contributed by atoms with van der Waals surface area (Å²) >= 11 is 0. The molecule has 0 spiro atoms. The number of morpholine rings is 1. The number of sulfonamides is 1. The summed E-state index contributed by atoms with van der Waals surface area (Å²) in [5, 5.41) is 2.95. The normalized spacial score (nSPS) is 21.3. The molecule has 1 aliphatic heterocycles. The van der Waals surface area contributed by atoms with Crippen LogP contribution in [0.4, 0.5) is 5.82 Å². The maximum atomic E-state index is 11.6. The van der Waals surface area contributed by atoms with Gasteiger partial charge in [-0.1, -0.05) is 0 Å². The van der Waals surface area contributed by atoms with Gasteiger partial charge in [0.2, 0.25) is 10.0 Å². The molecule has 1 aromatic heterocycles. The molecule has 106 valence electrons. The van der Waals surface area contributed by atoms with Crippen molar-refractivity contribution >= 4 is 15.8 Å². The van der Waals surface area contributed by atoms with Crippen molar-refractivity contribution < 1.29 is 13.2 Å². The zero-order chi connectivity index (χ0) is 14.0. The number of hydrogen-bond acceptors (Lipinski definition) is 6. The van der Waals surface area contributed by atoms with Gasteiger partial charge in [-0.15, -0.1) is 0 Å². The van der Waals surface area contributed by atoms with Crippen LogP contribution in [0.15, 0.2) is 6.07 Å². The molecule has 1 N–H and O–H groups in total. The lowest BCUT2D eigenvalue weighted by Gasteiger charge is -2.31. The Morgan fingerprint density at radius 2 is 2.21 bits per heavy atom. The first-order valence-electron chi connectivity index (χ1n) is 6.00. The third kappa shape index (κ3) is 3.40. The second-order valence-corrected chi connectivity index (χ2v) is 6.44. The highest BCUT2D eigenvalue weighted by Gasteiger charge is 2.28. The summed E-state index contributed by atoms with van der Waals surface area (Å²) in [6.07, 6.45) is 0.858. The van der Waals surface area contributed by atoms with Gasteiger partial charge in [0, 0.05) is 26.2 Å². The highest BCUT2D eigenvalue weighted by Crippen LogP contribution is 2.23. The van der Waals surface area contributed by atoms with Crippen LogP contribution in [0.2, 0.25) is 0 Å². The fourth-order valence-electron chi connectivity index (χ4n) is 1.99. The molecule has 1 saturated heterocycles. The van der Waals surface area contributed by atoms with E-state index in [1.165, 1.54) is 10.6 Å². The number of anilines is 1. The molecule has 0 amide bonds. The molecular formula is C11H18N4O3S. The smallest absolute Gasteiger partial charge is 0.211 e. The topological polar surface area (TPSA) is 84.4 Å². The maximum Gasteiger partial charge on any atom is 0.211 e. The van der Waals surface area contributed by atoms with Crippen LogP contribution in [0, 0.1) is 6.92 Å². The monoisotopic (exact) mass is 286 g/mol.